The Morgan fingerprint density at radius 2 is 1.57 bits per heavy atom. The summed E-state index contributed by atoms with van der Waals surface area (Å²) in [5.74, 6) is 0. The number of hydrogen-bond donors (Lipinski definition) is 0. The zero-order valence-corrected chi connectivity index (χ0v) is 18.8. The molecule has 9 rings (SSSR count). The first-order valence-corrected chi connectivity index (χ1v) is 12.0. The molecule has 0 unspecified atom stereocenters. The van der Waals surface area contributed by atoms with Gasteiger partial charge in [-0.3, -0.25) is 14.4 Å². The Morgan fingerprint density at radius 3 is 2.54 bits per heavy atom. The van der Waals surface area contributed by atoms with Gasteiger partial charge < -0.3 is 0 Å². The molecule has 4 aromatic heterocycles. The minimum Gasteiger partial charge on any atom is -0.290 e. The molecule has 0 radical (unpaired) electrons. The van der Waals surface area contributed by atoms with Gasteiger partial charge in [0.25, 0.3) is 0 Å². The number of benzene rings is 3. The third kappa shape index (κ3) is 2.15. The average molecular weight is 447 g/mol. The molecule has 0 saturated carbocycles. The number of fused-ring (bicyclic) bond motifs is 15. The van der Waals surface area contributed by atoms with E-state index in [4.69, 9.17) is 9.97 Å². The van der Waals surface area contributed by atoms with Crippen LogP contribution in [-0.4, -0.2) is 19.4 Å². The summed E-state index contributed by atoms with van der Waals surface area (Å²) in [7, 11) is 0. The quantitative estimate of drug-likeness (QED) is 0.243. The maximum atomic E-state index is 5.10. The van der Waals surface area contributed by atoms with Gasteiger partial charge in [0.1, 0.15) is 11.2 Å². The lowest BCUT2D eigenvalue weighted by Gasteiger charge is -2.12. The van der Waals surface area contributed by atoms with E-state index < -0.39 is 0 Å². The maximum absolute atomic E-state index is 5.10. The smallest absolute Gasteiger partial charge is 0.146 e. The predicted octanol–water partition coefficient (Wildman–Crippen LogP) is 6.73. The van der Waals surface area contributed by atoms with Crippen LogP contribution in [0.15, 0.2) is 85.3 Å². The third-order valence-electron chi connectivity index (χ3n) is 7.95. The molecule has 0 atom stereocenters. The summed E-state index contributed by atoms with van der Waals surface area (Å²) in [6, 6.07) is 24.4. The van der Waals surface area contributed by atoms with Crippen molar-refractivity contribution in [2.75, 3.05) is 0 Å². The van der Waals surface area contributed by atoms with Gasteiger partial charge in [0.15, 0.2) is 0 Å². The van der Waals surface area contributed by atoms with E-state index in [9.17, 15) is 0 Å². The molecule has 4 heterocycles. The van der Waals surface area contributed by atoms with Crippen molar-refractivity contribution in [3.8, 4) is 22.3 Å². The average Bonchev–Trinajstić information content (AvgIpc) is 3.58. The second kappa shape index (κ2) is 6.10. The van der Waals surface area contributed by atoms with Crippen molar-refractivity contribution in [2.45, 2.75) is 12.8 Å². The lowest BCUT2D eigenvalue weighted by molar-refractivity contribution is 1.24. The number of hydrogen-bond acceptors (Lipinski definition) is 3. The fourth-order valence-corrected chi connectivity index (χ4v) is 6.48. The van der Waals surface area contributed by atoms with Crippen molar-refractivity contribution in [2.24, 2.45) is 0 Å². The highest BCUT2D eigenvalue weighted by atomic mass is 15.0. The van der Waals surface area contributed by atoms with Crippen LogP contribution in [0.3, 0.4) is 0 Å². The summed E-state index contributed by atoms with van der Waals surface area (Å²) >= 11 is 0. The molecular formula is C31H18N4. The van der Waals surface area contributed by atoms with E-state index in [1.807, 2.05) is 30.7 Å². The van der Waals surface area contributed by atoms with E-state index in [0.717, 1.165) is 40.6 Å². The maximum Gasteiger partial charge on any atom is 0.146 e. The van der Waals surface area contributed by atoms with E-state index in [2.05, 4.69) is 64.0 Å². The number of nitrogens with zero attached hydrogens (tertiary/aromatic N) is 4. The molecule has 4 nitrogen and oxygen atoms in total. The summed E-state index contributed by atoms with van der Waals surface area (Å²) in [5.41, 5.74) is 16.2. The van der Waals surface area contributed by atoms with E-state index in [1.165, 1.54) is 55.3 Å². The van der Waals surface area contributed by atoms with Crippen LogP contribution in [-0.2, 0) is 12.8 Å². The second-order valence-electron chi connectivity index (χ2n) is 9.70. The molecule has 35 heavy (non-hydrogen) atoms. The van der Waals surface area contributed by atoms with Gasteiger partial charge in [0, 0.05) is 23.2 Å². The van der Waals surface area contributed by atoms with Crippen molar-refractivity contribution in [3.05, 3.63) is 108 Å². The van der Waals surface area contributed by atoms with Crippen LogP contribution in [0.4, 0.5) is 0 Å². The highest BCUT2D eigenvalue weighted by molar-refractivity contribution is 6.15. The molecule has 0 aliphatic heterocycles. The highest BCUT2D eigenvalue weighted by Crippen LogP contribution is 2.47. The van der Waals surface area contributed by atoms with Crippen LogP contribution < -0.4 is 0 Å². The molecule has 0 N–H and O–H groups in total. The Kier molecular flexibility index (Phi) is 3.11. The van der Waals surface area contributed by atoms with E-state index in [1.54, 1.807) is 0 Å². The first kappa shape index (κ1) is 17.8. The standard InChI is InChI=1S/C31H18N4/c1-2-5-20-17(4-1)12-18-13-24-19(14-23(18)20)15-25-21(24)7-8-22-29(25)31-34-26-16-32-11-9-27(26)35(31)28-6-3-10-33-30(22)28/h1-11,13-14,16H,12,15H2. The zero-order chi connectivity index (χ0) is 22.7. The van der Waals surface area contributed by atoms with Crippen LogP contribution in [0.5, 0.6) is 0 Å². The van der Waals surface area contributed by atoms with Gasteiger partial charge in [-0.15, -0.1) is 0 Å². The largest absolute Gasteiger partial charge is 0.290 e. The Bertz CT molecular complexity index is 2070. The molecule has 162 valence electrons. The van der Waals surface area contributed by atoms with Crippen molar-refractivity contribution in [3.63, 3.8) is 0 Å². The Morgan fingerprint density at radius 1 is 0.686 bits per heavy atom. The van der Waals surface area contributed by atoms with Gasteiger partial charge in [-0.2, -0.15) is 0 Å². The number of aromatic nitrogens is 4. The highest BCUT2D eigenvalue weighted by Gasteiger charge is 2.28. The summed E-state index contributed by atoms with van der Waals surface area (Å²) in [6.45, 7) is 0. The van der Waals surface area contributed by atoms with Crippen LogP contribution in [0, 0.1) is 0 Å². The predicted molar refractivity (Wildman–Crippen MR) is 140 cm³/mol. The molecule has 7 aromatic rings. The lowest BCUT2D eigenvalue weighted by atomic mass is 9.97. The summed E-state index contributed by atoms with van der Waals surface area (Å²) in [5, 5.41) is 2.38. The Balaban J connectivity index is 1.40. The summed E-state index contributed by atoms with van der Waals surface area (Å²) < 4.78 is 2.27. The normalized spacial score (nSPS) is 13.5. The van der Waals surface area contributed by atoms with E-state index in [0.29, 0.717) is 0 Å². The SMILES string of the molecule is c1ccc2c(c1)Cc1cc3c(cc1-2)Cc1c-3ccc2c3ncccc3n3c4ccncc4nc3c12. The number of rotatable bonds is 0. The molecule has 2 aliphatic carbocycles. The molecule has 0 saturated heterocycles. The van der Waals surface area contributed by atoms with E-state index >= 15 is 0 Å². The first-order valence-electron chi connectivity index (χ1n) is 12.0. The van der Waals surface area contributed by atoms with Gasteiger partial charge in [-0.1, -0.05) is 36.4 Å². The van der Waals surface area contributed by atoms with Gasteiger partial charge in [0.05, 0.1) is 22.7 Å². The lowest BCUT2D eigenvalue weighted by Crippen LogP contribution is -1.96. The van der Waals surface area contributed by atoms with Crippen molar-refractivity contribution in [1.29, 1.82) is 0 Å². The third-order valence-corrected chi connectivity index (χ3v) is 7.95. The molecule has 0 amide bonds. The van der Waals surface area contributed by atoms with Crippen molar-refractivity contribution < 1.29 is 0 Å². The minimum atomic E-state index is 0.910. The molecule has 0 fully saturated rings. The molecule has 4 heteroatoms. The molecule has 2 aliphatic rings. The Labute approximate surface area is 200 Å². The molecule has 3 aromatic carbocycles. The van der Waals surface area contributed by atoms with Gasteiger partial charge in [-0.05, 0) is 87.7 Å². The fourth-order valence-electron chi connectivity index (χ4n) is 6.48. The first-order chi connectivity index (χ1) is 17.3. The van der Waals surface area contributed by atoms with Crippen LogP contribution >= 0.6 is 0 Å². The van der Waals surface area contributed by atoms with Crippen LogP contribution in [0.25, 0.3) is 60.7 Å². The second-order valence-corrected chi connectivity index (χ2v) is 9.70. The van der Waals surface area contributed by atoms with Crippen LogP contribution in [0.2, 0.25) is 0 Å². The topological polar surface area (TPSA) is 43.1 Å². The van der Waals surface area contributed by atoms with Crippen molar-refractivity contribution >= 4 is 38.5 Å². The molecule has 0 bridgehead atoms. The number of imidazole rings is 1. The zero-order valence-electron chi connectivity index (χ0n) is 18.8. The summed E-state index contributed by atoms with van der Waals surface area (Å²) in [6.07, 6.45) is 7.51. The number of pyridine rings is 3. The van der Waals surface area contributed by atoms with Crippen LogP contribution in [0.1, 0.15) is 22.3 Å². The van der Waals surface area contributed by atoms with Gasteiger partial charge in [-0.25, -0.2) is 4.98 Å². The molecular weight excluding hydrogens is 428 g/mol. The monoisotopic (exact) mass is 446 g/mol. The Hall–Kier alpha value is -4.57. The van der Waals surface area contributed by atoms with Gasteiger partial charge >= 0.3 is 0 Å². The summed E-state index contributed by atoms with van der Waals surface area (Å²) in [4.78, 5) is 14.3. The fraction of sp³-hybridized carbons (Fsp3) is 0.0645. The van der Waals surface area contributed by atoms with E-state index in [-0.39, 0.29) is 0 Å². The van der Waals surface area contributed by atoms with Crippen molar-refractivity contribution in [1.82, 2.24) is 19.4 Å². The minimum absolute atomic E-state index is 0.910. The van der Waals surface area contributed by atoms with Gasteiger partial charge in [0.2, 0.25) is 0 Å². The molecule has 0 spiro atoms.